The number of rotatable bonds is 6. The van der Waals surface area contributed by atoms with Crippen molar-refractivity contribution in [1.29, 1.82) is 0 Å². The first-order valence-corrected chi connectivity index (χ1v) is 10.2. The summed E-state index contributed by atoms with van der Waals surface area (Å²) in [6, 6.07) is 12.7. The van der Waals surface area contributed by atoms with Gasteiger partial charge in [0.25, 0.3) is 0 Å². The molecule has 26 heavy (non-hydrogen) atoms. The largest absolute Gasteiger partial charge is 0.325 e. The SMILES string of the molecule is O=C(CSCc1c(Cl)cccc1Cl)Nc1ccc(N2CCCC2=O)cc1. The summed E-state index contributed by atoms with van der Waals surface area (Å²) in [6.45, 7) is 0.756. The second kappa shape index (κ2) is 8.80. The number of nitrogens with zero attached hydrogens (tertiary/aromatic N) is 1. The van der Waals surface area contributed by atoms with Gasteiger partial charge in [-0.2, -0.15) is 0 Å². The van der Waals surface area contributed by atoms with Gasteiger partial charge in [-0.1, -0.05) is 29.3 Å². The number of nitrogens with one attached hydrogen (secondary N) is 1. The van der Waals surface area contributed by atoms with Gasteiger partial charge in [-0.25, -0.2) is 0 Å². The third-order valence-corrected chi connectivity index (χ3v) is 5.74. The first kappa shape index (κ1) is 19.1. The van der Waals surface area contributed by atoms with Crippen LogP contribution in [-0.2, 0) is 15.3 Å². The van der Waals surface area contributed by atoms with Crippen LogP contribution in [0.3, 0.4) is 0 Å². The minimum absolute atomic E-state index is 0.0943. The number of carbonyl (C=O) groups excluding carboxylic acids is 2. The first-order chi connectivity index (χ1) is 12.5. The van der Waals surface area contributed by atoms with Crippen molar-refractivity contribution in [3.63, 3.8) is 0 Å². The minimum Gasteiger partial charge on any atom is -0.325 e. The molecule has 1 heterocycles. The Labute approximate surface area is 166 Å². The van der Waals surface area contributed by atoms with Crippen LogP contribution in [0.4, 0.5) is 11.4 Å². The predicted octanol–water partition coefficient (Wildman–Crippen LogP) is 4.99. The molecule has 0 atom stereocenters. The monoisotopic (exact) mass is 408 g/mol. The Morgan fingerprint density at radius 2 is 1.81 bits per heavy atom. The van der Waals surface area contributed by atoms with Crippen LogP contribution in [-0.4, -0.2) is 24.1 Å². The zero-order chi connectivity index (χ0) is 18.5. The number of hydrogen-bond donors (Lipinski definition) is 1. The number of carbonyl (C=O) groups is 2. The molecule has 136 valence electrons. The summed E-state index contributed by atoms with van der Waals surface area (Å²) in [5.41, 5.74) is 2.42. The maximum absolute atomic E-state index is 12.1. The van der Waals surface area contributed by atoms with Crippen molar-refractivity contribution in [3.8, 4) is 0 Å². The fraction of sp³-hybridized carbons (Fsp3) is 0.263. The average molecular weight is 409 g/mol. The van der Waals surface area contributed by atoms with Crippen LogP contribution in [0.2, 0.25) is 10.0 Å². The molecule has 3 rings (SSSR count). The van der Waals surface area contributed by atoms with Crippen LogP contribution in [0.15, 0.2) is 42.5 Å². The molecule has 0 aromatic heterocycles. The van der Waals surface area contributed by atoms with Crippen molar-refractivity contribution in [3.05, 3.63) is 58.1 Å². The number of anilines is 2. The van der Waals surface area contributed by atoms with Gasteiger partial charge in [0.15, 0.2) is 0 Å². The molecule has 1 saturated heterocycles. The van der Waals surface area contributed by atoms with Gasteiger partial charge in [-0.05, 0) is 48.4 Å². The fourth-order valence-corrected chi connectivity index (χ4v) is 4.32. The Hall–Kier alpha value is -1.69. The van der Waals surface area contributed by atoms with E-state index in [2.05, 4.69) is 5.32 Å². The van der Waals surface area contributed by atoms with E-state index < -0.39 is 0 Å². The van der Waals surface area contributed by atoms with E-state index in [9.17, 15) is 9.59 Å². The third-order valence-electron chi connectivity index (χ3n) is 4.08. The molecular weight excluding hydrogens is 391 g/mol. The number of amides is 2. The van der Waals surface area contributed by atoms with E-state index >= 15 is 0 Å². The van der Waals surface area contributed by atoms with Crippen LogP contribution in [0.1, 0.15) is 18.4 Å². The number of hydrogen-bond acceptors (Lipinski definition) is 3. The van der Waals surface area contributed by atoms with Gasteiger partial charge in [0, 0.05) is 40.1 Å². The zero-order valence-electron chi connectivity index (χ0n) is 14.0. The topological polar surface area (TPSA) is 49.4 Å². The minimum atomic E-state index is -0.0943. The number of thioether (sulfide) groups is 1. The van der Waals surface area contributed by atoms with E-state index in [0.717, 1.165) is 24.2 Å². The highest BCUT2D eigenvalue weighted by Crippen LogP contribution is 2.28. The molecule has 4 nitrogen and oxygen atoms in total. The molecule has 0 saturated carbocycles. The second-order valence-corrected chi connectivity index (χ2v) is 7.74. The molecule has 1 aliphatic rings. The molecule has 2 amide bonds. The molecule has 0 aliphatic carbocycles. The van der Waals surface area contributed by atoms with Crippen LogP contribution < -0.4 is 10.2 Å². The maximum Gasteiger partial charge on any atom is 0.234 e. The molecule has 1 aliphatic heterocycles. The van der Waals surface area contributed by atoms with Crippen LogP contribution in [0.5, 0.6) is 0 Å². The van der Waals surface area contributed by atoms with Crippen molar-refractivity contribution < 1.29 is 9.59 Å². The number of halogens is 2. The van der Waals surface area contributed by atoms with Gasteiger partial charge in [-0.15, -0.1) is 11.8 Å². The molecule has 1 fully saturated rings. The van der Waals surface area contributed by atoms with E-state index in [1.165, 1.54) is 11.8 Å². The Morgan fingerprint density at radius 1 is 1.12 bits per heavy atom. The molecule has 7 heteroatoms. The highest BCUT2D eigenvalue weighted by atomic mass is 35.5. The van der Waals surface area contributed by atoms with Gasteiger partial charge in [0.1, 0.15) is 0 Å². The van der Waals surface area contributed by atoms with Crippen molar-refractivity contribution >= 4 is 58.2 Å². The van der Waals surface area contributed by atoms with Crippen LogP contribution in [0, 0.1) is 0 Å². The van der Waals surface area contributed by atoms with Crippen molar-refractivity contribution in [1.82, 2.24) is 0 Å². The van der Waals surface area contributed by atoms with Gasteiger partial charge in [-0.3, -0.25) is 9.59 Å². The Balaban J connectivity index is 1.49. The molecule has 0 unspecified atom stereocenters. The second-order valence-electron chi connectivity index (χ2n) is 5.94. The van der Waals surface area contributed by atoms with Crippen LogP contribution in [0.25, 0.3) is 0 Å². The van der Waals surface area contributed by atoms with Gasteiger partial charge < -0.3 is 10.2 Å². The summed E-state index contributed by atoms with van der Waals surface area (Å²) in [5, 5.41) is 4.07. The lowest BCUT2D eigenvalue weighted by Gasteiger charge is -2.16. The van der Waals surface area contributed by atoms with E-state index in [0.29, 0.717) is 33.7 Å². The van der Waals surface area contributed by atoms with Gasteiger partial charge >= 0.3 is 0 Å². The predicted molar refractivity (Wildman–Crippen MR) is 109 cm³/mol. The summed E-state index contributed by atoms with van der Waals surface area (Å²) >= 11 is 13.7. The smallest absolute Gasteiger partial charge is 0.234 e. The van der Waals surface area contributed by atoms with E-state index in [1.807, 2.05) is 24.3 Å². The molecule has 2 aromatic carbocycles. The zero-order valence-corrected chi connectivity index (χ0v) is 16.3. The van der Waals surface area contributed by atoms with E-state index in [1.54, 1.807) is 23.1 Å². The quantitative estimate of drug-likeness (QED) is 0.731. The van der Waals surface area contributed by atoms with Gasteiger partial charge in [0.2, 0.25) is 11.8 Å². The molecule has 0 radical (unpaired) electrons. The first-order valence-electron chi connectivity index (χ1n) is 8.25. The number of benzene rings is 2. The Kier molecular flexibility index (Phi) is 6.46. The molecular formula is C19H18Cl2N2O2S. The Morgan fingerprint density at radius 3 is 2.42 bits per heavy atom. The fourth-order valence-electron chi connectivity index (χ4n) is 2.76. The highest BCUT2D eigenvalue weighted by molar-refractivity contribution is 7.99. The lowest BCUT2D eigenvalue weighted by molar-refractivity contribution is -0.117. The highest BCUT2D eigenvalue weighted by Gasteiger charge is 2.21. The molecule has 2 aromatic rings. The normalized spacial score (nSPS) is 13.9. The Bertz CT molecular complexity index is 791. The standard InChI is InChI=1S/C19H18Cl2N2O2S/c20-16-3-1-4-17(21)15(16)11-26-12-18(24)22-13-6-8-14(9-7-13)23-10-2-5-19(23)25/h1,3-4,6-9H,2,5,10-12H2,(H,22,24). The molecule has 1 N–H and O–H groups in total. The summed E-state index contributed by atoms with van der Waals surface area (Å²) in [7, 11) is 0. The van der Waals surface area contributed by atoms with E-state index in [-0.39, 0.29) is 11.8 Å². The average Bonchev–Trinajstić information content (AvgIpc) is 3.04. The van der Waals surface area contributed by atoms with E-state index in [4.69, 9.17) is 23.2 Å². The van der Waals surface area contributed by atoms with Crippen molar-refractivity contribution in [2.24, 2.45) is 0 Å². The summed E-state index contributed by atoms with van der Waals surface area (Å²) in [5.74, 6) is 0.926. The lowest BCUT2D eigenvalue weighted by atomic mass is 10.2. The lowest BCUT2D eigenvalue weighted by Crippen LogP contribution is -2.23. The summed E-state index contributed by atoms with van der Waals surface area (Å²) in [4.78, 5) is 25.6. The third kappa shape index (κ3) is 4.72. The maximum atomic E-state index is 12.1. The van der Waals surface area contributed by atoms with Crippen LogP contribution >= 0.6 is 35.0 Å². The molecule has 0 bridgehead atoms. The van der Waals surface area contributed by atoms with Gasteiger partial charge in [0.05, 0.1) is 5.75 Å². The summed E-state index contributed by atoms with van der Waals surface area (Å²) in [6.07, 6.45) is 1.50. The molecule has 0 spiro atoms. The van der Waals surface area contributed by atoms with Crippen molar-refractivity contribution in [2.75, 3.05) is 22.5 Å². The van der Waals surface area contributed by atoms with Crippen molar-refractivity contribution in [2.45, 2.75) is 18.6 Å². The summed E-state index contributed by atoms with van der Waals surface area (Å²) < 4.78 is 0.